The maximum absolute atomic E-state index is 13.8. The first kappa shape index (κ1) is 25.3. The van der Waals surface area contributed by atoms with E-state index in [4.69, 9.17) is 0 Å². The van der Waals surface area contributed by atoms with Crippen LogP contribution in [-0.2, 0) is 6.54 Å². The minimum absolute atomic E-state index is 0.000990. The number of carbonyl (C=O) groups excluding carboxylic acids is 1. The molecular weight excluding hydrogens is 453 g/mol. The van der Waals surface area contributed by atoms with Gasteiger partial charge in [0.05, 0.1) is 29.9 Å². The van der Waals surface area contributed by atoms with Crippen molar-refractivity contribution in [3.05, 3.63) is 74.8 Å². The quantitative estimate of drug-likeness (QED) is 0.473. The minimum atomic E-state index is -1.15. The normalized spacial score (nSPS) is 11.6. The van der Waals surface area contributed by atoms with Crippen molar-refractivity contribution < 1.29 is 14.3 Å². The van der Waals surface area contributed by atoms with Crippen LogP contribution in [0.25, 0.3) is 10.9 Å². The van der Waals surface area contributed by atoms with Gasteiger partial charge in [0.25, 0.3) is 5.56 Å². The fourth-order valence-corrected chi connectivity index (χ4v) is 3.98. The van der Waals surface area contributed by atoms with Crippen molar-refractivity contribution in [1.29, 1.82) is 0 Å². The second-order valence-electron chi connectivity index (χ2n) is 9.00. The second-order valence-corrected chi connectivity index (χ2v) is 12.9. The van der Waals surface area contributed by atoms with Crippen LogP contribution in [0.2, 0.25) is 0 Å². The molecule has 0 unspecified atom stereocenters. The number of aliphatic hydroxyl groups excluding tert-OH is 1. The third kappa shape index (κ3) is 6.40. The molecule has 0 spiro atoms. The van der Waals surface area contributed by atoms with E-state index in [9.17, 15) is 19.1 Å². The Balaban J connectivity index is 1.91. The summed E-state index contributed by atoms with van der Waals surface area (Å²) in [6, 6.07) is 9.20. The molecule has 0 aliphatic heterocycles. The summed E-state index contributed by atoms with van der Waals surface area (Å²) in [5.41, 5.74) is 3.63. The van der Waals surface area contributed by atoms with Gasteiger partial charge in [0.15, 0.2) is 0 Å². The topological polar surface area (TPSA) is 85.4 Å². The molecule has 6 nitrogen and oxygen atoms in total. The molecule has 3 aromatic rings. The number of aromatic nitrogens is 1. The van der Waals surface area contributed by atoms with E-state index < -0.39 is 21.9 Å². The molecule has 0 saturated carbocycles. The summed E-state index contributed by atoms with van der Waals surface area (Å²) < 4.78 is 13.8. The zero-order valence-electron chi connectivity index (χ0n) is 20.1. The smallest absolute Gasteiger partial charge is 0.322 e. The Morgan fingerprint density at radius 2 is 1.91 bits per heavy atom. The second kappa shape index (κ2) is 10.3. The van der Waals surface area contributed by atoms with Gasteiger partial charge >= 0.3 is 6.03 Å². The number of amides is 2. The fraction of sp³-hybridized carbons (Fsp3) is 0.308. The summed E-state index contributed by atoms with van der Waals surface area (Å²) in [7, 11) is -1.15. The van der Waals surface area contributed by atoms with Gasteiger partial charge in [-0.25, -0.2) is 9.18 Å². The van der Waals surface area contributed by atoms with Crippen molar-refractivity contribution in [3.8, 4) is 11.2 Å². The Bertz CT molecular complexity index is 1350. The van der Waals surface area contributed by atoms with Gasteiger partial charge in [-0.3, -0.25) is 4.79 Å². The Morgan fingerprint density at radius 1 is 1.18 bits per heavy atom. The van der Waals surface area contributed by atoms with E-state index in [-0.39, 0.29) is 25.3 Å². The number of aliphatic hydroxyl groups is 1. The minimum Gasteiger partial charge on any atom is -0.395 e. The Morgan fingerprint density at radius 3 is 2.59 bits per heavy atom. The SMILES string of the molecule is Cc1cc(C)c2[nH]c(=O)c(CN(CCO)C(=O)Nc3ccc(F)cc3C#CS(C)(C)C)cc2c1. The van der Waals surface area contributed by atoms with E-state index in [1.165, 1.54) is 23.1 Å². The number of nitrogens with one attached hydrogen (secondary N) is 2. The molecule has 1 aromatic heterocycles. The first-order chi connectivity index (χ1) is 16.0. The molecule has 0 radical (unpaired) electrons. The summed E-state index contributed by atoms with van der Waals surface area (Å²) in [5, 5.41) is 16.3. The van der Waals surface area contributed by atoms with E-state index in [0.29, 0.717) is 16.8 Å². The van der Waals surface area contributed by atoms with E-state index in [0.717, 1.165) is 22.0 Å². The highest BCUT2D eigenvalue weighted by Crippen LogP contribution is 2.32. The van der Waals surface area contributed by atoms with Crippen LogP contribution >= 0.6 is 10.0 Å². The average molecular weight is 484 g/mol. The number of nitrogens with zero attached hydrogens (tertiary/aromatic N) is 1. The number of aromatic amines is 1. The molecule has 1 heterocycles. The Hall–Kier alpha value is -3.28. The lowest BCUT2D eigenvalue weighted by Gasteiger charge is -2.23. The van der Waals surface area contributed by atoms with Crippen LogP contribution < -0.4 is 10.9 Å². The maximum atomic E-state index is 13.8. The number of H-pyrrole nitrogens is 1. The number of rotatable bonds is 5. The van der Waals surface area contributed by atoms with Crippen LogP contribution in [-0.4, -0.2) is 52.9 Å². The standard InChI is InChI=1S/C26H30FN3O3S/c1-17-12-18(2)24-20(13-17)14-21(25(32)29-24)16-30(9-10-31)26(33)28-23-7-6-22(27)15-19(23)8-11-34(3,4)5/h6-7,12-15,31H,9-10,16H2,1-5H3,(H,28,33)(H,29,32). The molecule has 3 rings (SSSR count). The number of benzene rings is 2. The maximum Gasteiger partial charge on any atom is 0.322 e. The molecule has 0 aliphatic carbocycles. The van der Waals surface area contributed by atoms with Crippen LogP contribution in [0.15, 0.2) is 41.2 Å². The average Bonchev–Trinajstić information content (AvgIpc) is 2.74. The number of carbonyl (C=O) groups is 1. The van der Waals surface area contributed by atoms with Crippen LogP contribution in [0.4, 0.5) is 14.9 Å². The lowest BCUT2D eigenvalue weighted by molar-refractivity contribution is 0.185. The molecule has 2 amide bonds. The van der Waals surface area contributed by atoms with E-state index in [1.54, 1.807) is 6.07 Å². The summed E-state index contributed by atoms with van der Waals surface area (Å²) in [6.45, 7) is 3.65. The number of fused-ring (bicyclic) bond motifs is 1. The van der Waals surface area contributed by atoms with Gasteiger partial charge in [-0.05, 0) is 79.1 Å². The molecule has 0 saturated heterocycles. The molecular formula is C26H30FN3O3S. The van der Waals surface area contributed by atoms with E-state index in [2.05, 4.69) is 21.5 Å². The van der Waals surface area contributed by atoms with Crippen LogP contribution in [0.5, 0.6) is 0 Å². The third-order valence-corrected chi connectivity index (χ3v) is 5.82. The lowest BCUT2D eigenvalue weighted by Crippen LogP contribution is -2.38. The van der Waals surface area contributed by atoms with E-state index in [1.807, 2.05) is 44.7 Å². The van der Waals surface area contributed by atoms with Gasteiger partial charge in [-0.1, -0.05) is 17.6 Å². The van der Waals surface area contributed by atoms with Crippen LogP contribution in [0.3, 0.4) is 0 Å². The molecule has 0 aliphatic rings. The molecule has 0 atom stereocenters. The first-order valence-electron chi connectivity index (χ1n) is 10.8. The number of anilines is 1. The van der Waals surface area contributed by atoms with Gasteiger partial charge in [-0.15, -0.1) is 0 Å². The van der Waals surface area contributed by atoms with Crippen molar-refractivity contribution in [2.75, 3.05) is 37.2 Å². The molecule has 180 valence electrons. The number of hydrogen-bond donors (Lipinski definition) is 3. The molecule has 2 aromatic carbocycles. The predicted octanol–water partition coefficient (Wildman–Crippen LogP) is 4.31. The van der Waals surface area contributed by atoms with Crippen molar-refractivity contribution in [3.63, 3.8) is 0 Å². The van der Waals surface area contributed by atoms with Gasteiger partial charge in [0, 0.05) is 12.1 Å². The van der Waals surface area contributed by atoms with Crippen LogP contribution in [0.1, 0.15) is 22.3 Å². The highest BCUT2D eigenvalue weighted by atomic mass is 32.3. The molecule has 3 N–H and O–H groups in total. The number of hydrogen-bond acceptors (Lipinski definition) is 3. The van der Waals surface area contributed by atoms with Gasteiger partial charge in [0.1, 0.15) is 5.82 Å². The highest BCUT2D eigenvalue weighted by molar-refractivity contribution is 8.35. The Labute approximate surface area is 200 Å². The number of pyridine rings is 1. The summed E-state index contributed by atoms with van der Waals surface area (Å²) >= 11 is 0. The van der Waals surface area contributed by atoms with Crippen molar-refractivity contribution >= 4 is 32.6 Å². The van der Waals surface area contributed by atoms with Crippen molar-refractivity contribution in [1.82, 2.24) is 9.88 Å². The predicted molar refractivity (Wildman–Crippen MR) is 139 cm³/mol. The monoisotopic (exact) mass is 483 g/mol. The van der Waals surface area contributed by atoms with E-state index >= 15 is 0 Å². The van der Waals surface area contributed by atoms with Crippen molar-refractivity contribution in [2.24, 2.45) is 0 Å². The first-order valence-corrected chi connectivity index (χ1v) is 13.6. The Kier molecular flexibility index (Phi) is 7.70. The third-order valence-electron chi connectivity index (χ3n) is 5.10. The van der Waals surface area contributed by atoms with Gasteiger partial charge < -0.3 is 20.3 Å². The molecule has 0 fully saturated rings. The highest BCUT2D eigenvalue weighted by Gasteiger charge is 2.18. The zero-order valence-corrected chi connectivity index (χ0v) is 20.9. The van der Waals surface area contributed by atoms with Gasteiger partial charge in [0.2, 0.25) is 0 Å². The summed E-state index contributed by atoms with van der Waals surface area (Å²) in [6.07, 6.45) is 6.06. The lowest BCUT2D eigenvalue weighted by atomic mass is 10.1. The fourth-order valence-electron chi connectivity index (χ4n) is 3.56. The van der Waals surface area contributed by atoms with Crippen molar-refractivity contribution in [2.45, 2.75) is 20.4 Å². The van der Waals surface area contributed by atoms with Crippen LogP contribution in [0, 0.1) is 30.8 Å². The number of halogens is 1. The number of aryl methyl sites for hydroxylation is 2. The zero-order chi connectivity index (χ0) is 25.0. The molecule has 0 bridgehead atoms. The summed E-state index contributed by atoms with van der Waals surface area (Å²) in [5.74, 6) is 2.52. The summed E-state index contributed by atoms with van der Waals surface area (Å²) in [4.78, 5) is 30.1. The molecule has 8 heteroatoms. The number of urea groups is 1. The molecule has 34 heavy (non-hydrogen) atoms. The largest absolute Gasteiger partial charge is 0.395 e. The van der Waals surface area contributed by atoms with Gasteiger partial charge in [-0.2, -0.15) is 10.0 Å².